The first kappa shape index (κ1) is 8.37. The zero-order chi connectivity index (χ0) is 8.43. The normalized spacial score (nSPS) is 10.1. The number of rotatable bonds is 1. The molecule has 0 aliphatic rings. The molecule has 0 saturated heterocycles. The van der Waals surface area contributed by atoms with E-state index in [0.717, 1.165) is 11.1 Å². The fraction of sp³-hybridized carbons (Fsp3) is 0.250. The van der Waals surface area contributed by atoms with Crippen LogP contribution in [0.3, 0.4) is 0 Å². The maximum atomic E-state index is 5.82. The lowest BCUT2D eigenvalue weighted by Gasteiger charge is -2.06. The Labute approximate surface area is 71.1 Å². The van der Waals surface area contributed by atoms with Crippen molar-refractivity contribution in [1.29, 1.82) is 0 Å². The van der Waals surface area contributed by atoms with Gasteiger partial charge in [-0.2, -0.15) is 0 Å². The molecule has 0 spiro atoms. The van der Waals surface area contributed by atoms with Gasteiger partial charge < -0.3 is 11.5 Å². The van der Waals surface area contributed by atoms with Crippen molar-refractivity contribution >= 4 is 17.3 Å². The monoisotopic (exact) mass is 170 g/mol. The summed E-state index contributed by atoms with van der Waals surface area (Å²) < 4.78 is 0. The third-order valence-corrected chi connectivity index (χ3v) is 2.17. The Balaban J connectivity index is 3.25. The smallest absolute Gasteiger partial charge is 0.0455 e. The Morgan fingerprint density at radius 2 is 2.09 bits per heavy atom. The van der Waals surface area contributed by atoms with Gasteiger partial charge in [0, 0.05) is 17.3 Å². The second-order valence-electron chi connectivity index (χ2n) is 2.45. The maximum absolute atomic E-state index is 5.82. The fourth-order valence-corrected chi connectivity index (χ4v) is 1.10. The Kier molecular flexibility index (Phi) is 2.37. The van der Waals surface area contributed by atoms with Gasteiger partial charge in [-0.1, -0.05) is 17.7 Å². The van der Waals surface area contributed by atoms with Crippen LogP contribution in [0.15, 0.2) is 12.1 Å². The second kappa shape index (κ2) is 3.11. The standard InChI is InChI=1S/C8H11ClN2/c1-5-7(9)3-2-6(4-10)8(5)11/h2-3H,4,10-11H2,1H3. The lowest BCUT2D eigenvalue weighted by molar-refractivity contribution is 1.07. The van der Waals surface area contributed by atoms with E-state index in [9.17, 15) is 0 Å². The van der Waals surface area contributed by atoms with E-state index in [1.807, 2.05) is 19.1 Å². The zero-order valence-corrected chi connectivity index (χ0v) is 7.15. The average molecular weight is 171 g/mol. The first-order valence-electron chi connectivity index (χ1n) is 3.40. The molecule has 0 aliphatic carbocycles. The van der Waals surface area contributed by atoms with Gasteiger partial charge in [0.15, 0.2) is 0 Å². The van der Waals surface area contributed by atoms with Crippen LogP contribution in [0, 0.1) is 6.92 Å². The van der Waals surface area contributed by atoms with E-state index in [2.05, 4.69) is 0 Å². The summed E-state index contributed by atoms with van der Waals surface area (Å²) in [5.41, 5.74) is 13.7. The summed E-state index contributed by atoms with van der Waals surface area (Å²) in [6.07, 6.45) is 0. The van der Waals surface area contributed by atoms with Gasteiger partial charge in [-0.3, -0.25) is 0 Å². The highest BCUT2D eigenvalue weighted by molar-refractivity contribution is 6.31. The van der Waals surface area contributed by atoms with E-state index < -0.39 is 0 Å². The molecule has 0 saturated carbocycles. The van der Waals surface area contributed by atoms with Gasteiger partial charge in [0.2, 0.25) is 0 Å². The number of anilines is 1. The highest BCUT2D eigenvalue weighted by atomic mass is 35.5. The summed E-state index contributed by atoms with van der Waals surface area (Å²) >= 11 is 5.82. The van der Waals surface area contributed by atoms with Crippen LogP contribution >= 0.6 is 11.6 Å². The molecule has 2 nitrogen and oxygen atoms in total. The summed E-state index contributed by atoms with van der Waals surface area (Å²) in [7, 11) is 0. The number of nitrogens with two attached hydrogens (primary N) is 2. The van der Waals surface area contributed by atoms with Crippen LogP contribution in [-0.4, -0.2) is 0 Å². The number of halogens is 1. The molecule has 11 heavy (non-hydrogen) atoms. The van der Waals surface area contributed by atoms with E-state index in [1.54, 1.807) is 0 Å². The van der Waals surface area contributed by atoms with Gasteiger partial charge in [0.25, 0.3) is 0 Å². The van der Waals surface area contributed by atoms with Crippen molar-refractivity contribution in [3.63, 3.8) is 0 Å². The zero-order valence-electron chi connectivity index (χ0n) is 6.39. The third-order valence-electron chi connectivity index (χ3n) is 1.76. The molecular formula is C8H11ClN2. The largest absolute Gasteiger partial charge is 0.398 e. The summed E-state index contributed by atoms with van der Waals surface area (Å²) in [5, 5.41) is 0.694. The van der Waals surface area contributed by atoms with Crippen LogP contribution in [0.5, 0.6) is 0 Å². The molecule has 0 heterocycles. The fourth-order valence-electron chi connectivity index (χ4n) is 0.936. The maximum Gasteiger partial charge on any atom is 0.0455 e. The summed E-state index contributed by atoms with van der Waals surface area (Å²) in [6.45, 7) is 2.35. The van der Waals surface area contributed by atoms with Gasteiger partial charge in [-0.05, 0) is 24.1 Å². The van der Waals surface area contributed by atoms with E-state index >= 15 is 0 Å². The topological polar surface area (TPSA) is 52.0 Å². The molecule has 0 bridgehead atoms. The first-order valence-corrected chi connectivity index (χ1v) is 3.78. The van der Waals surface area contributed by atoms with Crippen molar-refractivity contribution in [3.05, 3.63) is 28.3 Å². The van der Waals surface area contributed by atoms with Crippen molar-refractivity contribution < 1.29 is 0 Å². The van der Waals surface area contributed by atoms with Crippen LogP contribution in [-0.2, 0) is 6.54 Å². The quantitative estimate of drug-likeness (QED) is 0.631. The highest BCUT2D eigenvalue weighted by Crippen LogP contribution is 2.24. The van der Waals surface area contributed by atoms with E-state index in [1.165, 1.54) is 0 Å². The molecule has 0 unspecified atom stereocenters. The number of nitrogen functional groups attached to an aromatic ring is 1. The van der Waals surface area contributed by atoms with Crippen LogP contribution in [0.25, 0.3) is 0 Å². The Hall–Kier alpha value is -0.730. The molecule has 0 aromatic heterocycles. The van der Waals surface area contributed by atoms with Crippen molar-refractivity contribution in [2.75, 3.05) is 5.73 Å². The van der Waals surface area contributed by atoms with Crippen LogP contribution in [0.1, 0.15) is 11.1 Å². The minimum absolute atomic E-state index is 0.462. The van der Waals surface area contributed by atoms with Crippen molar-refractivity contribution in [2.45, 2.75) is 13.5 Å². The van der Waals surface area contributed by atoms with Crippen molar-refractivity contribution in [2.24, 2.45) is 5.73 Å². The molecule has 0 radical (unpaired) electrons. The van der Waals surface area contributed by atoms with Gasteiger partial charge in [0.1, 0.15) is 0 Å². The Bertz CT molecular complexity index is 271. The molecular weight excluding hydrogens is 160 g/mol. The van der Waals surface area contributed by atoms with Crippen molar-refractivity contribution in [3.8, 4) is 0 Å². The molecule has 60 valence electrons. The number of benzene rings is 1. The first-order chi connectivity index (χ1) is 5.16. The van der Waals surface area contributed by atoms with Crippen LogP contribution < -0.4 is 11.5 Å². The number of hydrogen-bond donors (Lipinski definition) is 2. The van der Waals surface area contributed by atoms with Gasteiger partial charge in [0.05, 0.1) is 0 Å². The molecule has 0 aliphatic heterocycles. The SMILES string of the molecule is Cc1c(Cl)ccc(CN)c1N. The summed E-state index contributed by atoms with van der Waals surface area (Å²) in [5.74, 6) is 0. The van der Waals surface area contributed by atoms with Crippen LogP contribution in [0.4, 0.5) is 5.69 Å². The molecule has 3 heteroatoms. The molecule has 0 atom stereocenters. The Morgan fingerprint density at radius 3 is 2.64 bits per heavy atom. The molecule has 0 amide bonds. The van der Waals surface area contributed by atoms with E-state index in [0.29, 0.717) is 17.3 Å². The van der Waals surface area contributed by atoms with Gasteiger partial charge >= 0.3 is 0 Å². The van der Waals surface area contributed by atoms with Crippen LogP contribution in [0.2, 0.25) is 5.02 Å². The molecule has 0 fully saturated rings. The van der Waals surface area contributed by atoms with Gasteiger partial charge in [-0.15, -0.1) is 0 Å². The molecule has 1 rings (SSSR count). The number of hydrogen-bond acceptors (Lipinski definition) is 2. The minimum atomic E-state index is 0.462. The Morgan fingerprint density at radius 1 is 1.45 bits per heavy atom. The lowest BCUT2D eigenvalue weighted by atomic mass is 10.1. The lowest BCUT2D eigenvalue weighted by Crippen LogP contribution is -2.03. The predicted molar refractivity (Wildman–Crippen MR) is 48.5 cm³/mol. The van der Waals surface area contributed by atoms with Crippen molar-refractivity contribution in [1.82, 2.24) is 0 Å². The second-order valence-corrected chi connectivity index (χ2v) is 2.86. The van der Waals surface area contributed by atoms with E-state index in [4.69, 9.17) is 23.1 Å². The molecule has 1 aromatic carbocycles. The summed E-state index contributed by atoms with van der Waals surface area (Å²) in [4.78, 5) is 0. The average Bonchev–Trinajstić information content (AvgIpc) is 2.01. The van der Waals surface area contributed by atoms with Gasteiger partial charge in [-0.25, -0.2) is 0 Å². The molecule has 4 N–H and O–H groups in total. The van der Waals surface area contributed by atoms with E-state index in [-0.39, 0.29) is 0 Å². The minimum Gasteiger partial charge on any atom is -0.398 e. The molecule has 1 aromatic rings. The predicted octanol–water partition coefficient (Wildman–Crippen LogP) is 1.69. The third kappa shape index (κ3) is 1.47. The summed E-state index contributed by atoms with van der Waals surface area (Å²) in [6, 6.07) is 3.67. The highest BCUT2D eigenvalue weighted by Gasteiger charge is 2.02.